The lowest BCUT2D eigenvalue weighted by atomic mass is 10.1. The van der Waals surface area contributed by atoms with E-state index < -0.39 is 0 Å². The normalized spacial score (nSPS) is 19.1. The molecule has 6 nitrogen and oxygen atoms in total. The first-order valence-corrected chi connectivity index (χ1v) is 6.14. The third-order valence-corrected chi connectivity index (χ3v) is 3.24. The molecule has 94 valence electrons. The zero-order chi connectivity index (χ0) is 12.4. The first-order valence-electron chi connectivity index (χ1n) is 6.14. The Balaban J connectivity index is 1.86. The van der Waals surface area contributed by atoms with Gasteiger partial charge in [-0.25, -0.2) is 4.68 Å². The van der Waals surface area contributed by atoms with Crippen LogP contribution in [0.4, 0.5) is 5.69 Å². The fraction of sp³-hybridized carbons (Fsp3) is 0.417. The maximum atomic E-state index is 3.94. The van der Waals surface area contributed by atoms with E-state index in [9.17, 15) is 0 Å². The minimum Gasteiger partial charge on any atom is -0.381 e. The molecule has 0 spiro atoms. The molecule has 0 aliphatic carbocycles. The smallest absolute Gasteiger partial charge is 0.143 e. The van der Waals surface area contributed by atoms with Crippen LogP contribution in [-0.2, 0) is 0 Å². The first-order chi connectivity index (χ1) is 8.83. The monoisotopic (exact) mass is 244 g/mol. The number of anilines is 1. The van der Waals surface area contributed by atoms with Crippen molar-refractivity contribution in [2.45, 2.75) is 19.4 Å². The van der Waals surface area contributed by atoms with Gasteiger partial charge in [-0.3, -0.25) is 0 Å². The number of rotatable bonds is 3. The van der Waals surface area contributed by atoms with E-state index in [0.29, 0.717) is 6.04 Å². The molecule has 6 heteroatoms. The summed E-state index contributed by atoms with van der Waals surface area (Å²) in [5.74, 6) is 0. The molecule has 2 N–H and O–H groups in total. The van der Waals surface area contributed by atoms with Gasteiger partial charge in [0.1, 0.15) is 6.33 Å². The molecule has 0 saturated carbocycles. The molecule has 1 aliphatic rings. The van der Waals surface area contributed by atoms with Gasteiger partial charge in [0.05, 0.1) is 5.69 Å². The predicted octanol–water partition coefficient (Wildman–Crippen LogP) is 0.745. The second-order valence-electron chi connectivity index (χ2n) is 4.59. The van der Waals surface area contributed by atoms with Crippen molar-refractivity contribution in [1.29, 1.82) is 0 Å². The van der Waals surface area contributed by atoms with Crippen LogP contribution >= 0.6 is 0 Å². The zero-order valence-corrected chi connectivity index (χ0v) is 10.3. The van der Waals surface area contributed by atoms with Crippen molar-refractivity contribution in [2.75, 3.05) is 18.4 Å². The molecule has 0 bridgehead atoms. The fourth-order valence-electron chi connectivity index (χ4n) is 2.23. The Kier molecular flexibility index (Phi) is 2.93. The van der Waals surface area contributed by atoms with E-state index in [0.717, 1.165) is 36.4 Å². The van der Waals surface area contributed by atoms with E-state index in [2.05, 4.69) is 51.3 Å². The van der Waals surface area contributed by atoms with Crippen molar-refractivity contribution in [2.24, 2.45) is 0 Å². The van der Waals surface area contributed by atoms with Gasteiger partial charge >= 0.3 is 0 Å². The SMILES string of the molecule is Cc1ccc(NC2CCNC2)cc1-n1cnnn1. The molecule has 18 heavy (non-hydrogen) atoms. The molecular weight excluding hydrogens is 228 g/mol. The van der Waals surface area contributed by atoms with E-state index in [1.54, 1.807) is 11.0 Å². The van der Waals surface area contributed by atoms with E-state index in [1.165, 1.54) is 0 Å². The van der Waals surface area contributed by atoms with Gasteiger partial charge in [-0.05, 0) is 48.0 Å². The zero-order valence-electron chi connectivity index (χ0n) is 10.3. The molecule has 0 amide bonds. The molecule has 1 aliphatic heterocycles. The number of nitrogens with zero attached hydrogens (tertiary/aromatic N) is 4. The summed E-state index contributed by atoms with van der Waals surface area (Å²) in [5.41, 5.74) is 3.27. The van der Waals surface area contributed by atoms with E-state index in [1.807, 2.05) is 0 Å². The lowest BCUT2D eigenvalue weighted by molar-refractivity contribution is 0.780. The Hall–Kier alpha value is -1.95. The Morgan fingerprint density at radius 1 is 1.44 bits per heavy atom. The average Bonchev–Trinajstić information content (AvgIpc) is 3.04. The van der Waals surface area contributed by atoms with Crippen molar-refractivity contribution >= 4 is 5.69 Å². The van der Waals surface area contributed by atoms with Crippen LogP contribution in [0.15, 0.2) is 24.5 Å². The van der Waals surface area contributed by atoms with Gasteiger partial charge in [-0.15, -0.1) is 5.10 Å². The molecule has 1 aromatic heterocycles. The highest BCUT2D eigenvalue weighted by Crippen LogP contribution is 2.19. The predicted molar refractivity (Wildman–Crippen MR) is 68.8 cm³/mol. The average molecular weight is 244 g/mol. The van der Waals surface area contributed by atoms with Crippen LogP contribution in [0.25, 0.3) is 5.69 Å². The van der Waals surface area contributed by atoms with Crippen LogP contribution in [0.1, 0.15) is 12.0 Å². The maximum Gasteiger partial charge on any atom is 0.143 e. The Morgan fingerprint density at radius 3 is 3.11 bits per heavy atom. The van der Waals surface area contributed by atoms with Crippen molar-refractivity contribution < 1.29 is 0 Å². The highest BCUT2D eigenvalue weighted by atomic mass is 15.5. The summed E-state index contributed by atoms with van der Waals surface area (Å²) >= 11 is 0. The number of hydrogen-bond donors (Lipinski definition) is 2. The van der Waals surface area contributed by atoms with Gasteiger partial charge in [0, 0.05) is 18.3 Å². The van der Waals surface area contributed by atoms with E-state index in [-0.39, 0.29) is 0 Å². The minimum absolute atomic E-state index is 0.509. The highest BCUT2D eigenvalue weighted by molar-refractivity contribution is 5.55. The summed E-state index contributed by atoms with van der Waals surface area (Å²) in [6, 6.07) is 6.78. The van der Waals surface area contributed by atoms with Crippen LogP contribution in [0.5, 0.6) is 0 Å². The van der Waals surface area contributed by atoms with E-state index in [4.69, 9.17) is 0 Å². The second kappa shape index (κ2) is 4.73. The Bertz CT molecular complexity index is 515. The summed E-state index contributed by atoms with van der Waals surface area (Å²) < 4.78 is 1.69. The molecular formula is C12H16N6. The molecule has 2 heterocycles. The van der Waals surface area contributed by atoms with Gasteiger partial charge in [-0.1, -0.05) is 6.07 Å². The third kappa shape index (κ3) is 2.19. The number of aryl methyl sites for hydroxylation is 1. The third-order valence-electron chi connectivity index (χ3n) is 3.24. The standard InChI is InChI=1S/C12H16N6/c1-9-2-3-10(15-11-4-5-13-7-11)6-12(9)18-8-14-16-17-18/h2-3,6,8,11,13,15H,4-5,7H2,1H3. The lowest BCUT2D eigenvalue weighted by Gasteiger charge is -2.14. The summed E-state index contributed by atoms with van der Waals surface area (Å²) in [6.45, 7) is 4.16. The lowest BCUT2D eigenvalue weighted by Crippen LogP contribution is -2.22. The maximum absolute atomic E-state index is 3.94. The van der Waals surface area contributed by atoms with Gasteiger partial charge in [-0.2, -0.15) is 0 Å². The fourth-order valence-corrected chi connectivity index (χ4v) is 2.23. The van der Waals surface area contributed by atoms with Gasteiger partial charge in [0.15, 0.2) is 0 Å². The van der Waals surface area contributed by atoms with Gasteiger partial charge in [0.25, 0.3) is 0 Å². The van der Waals surface area contributed by atoms with Gasteiger partial charge < -0.3 is 10.6 Å². The molecule has 1 unspecified atom stereocenters. The number of hydrogen-bond acceptors (Lipinski definition) is 5. The molecule has 1 saturated heterocycles. The number of benzene rings is 1. The van der Waals surface area contributed by atoms with Crippen LogP contribution in [0, 0.1) is 6.92 Å². The van der Waals surface area contributed by atoms with Crippen molar-refractivity contribution in [3.8, 4) is 5.69 Å². The van der Waals surface area contributed by atoms with Crippen LogP contribution in [0.3, 0.4) is 0 Å². The molecule has 1 atom stereocenters. The van der Waals surface area contributed by atoms with Gasteiger partial charge in [0.2, 0.25) is 0 Å². The van der Waals surface area contributed by atoms with Crippen molar-refractivity contribution in [1.82, 2.24) is 25.5 Å². The van der Waals surface area contributed by atoms with Crippen LogP contribution < -0.4 is 10.6 Å². The molecule has 1 aromatic carbocycles. The van der Waals surface area contributed by atoms with Crippen molar-refractivity contribution in [3.05, 3.63) is 30.1 Å². The Labute approximate surface area is 105 Å². The molecule has 3 rings (SSSR count). The number of tetrazole rings is 1. The largest absolute Gasteiger partial charge is 0.381 e. The summed E-state index contributed by atoms with van der Waals surface area (Å²) in [4.78, 5) is 0. The molecule has 1 fully saturated rings. The number of nitrogens with one attached hydrogen (secondary N) is 2. The van der Waals surface area contributed by atoms with E-state index >= 15 is 0 Å². The van der Waals surface area contributed by atoms with Crippen LogP contribution in [-0.4, -0.2) is 39.3 Å². The summed E-state index contributed by atoms with van der Waals surface area (Å²) in [6.07, 6.45) is 2.78. The molecule has 2 aromatic rings. The number of aromatic nitrogens is 4. The van der Waals surface area contributed by atoms with Crippen molar-refractivity contribution in [3.63, 3.8) is 0 Å². The summed E-state index contributed by atoms with van der Waals surface area (Å²) in [5, 5.41) is 18.2. The minimum atomic E-state index is 0.509. The topological polar surface area (TPSA) is 67.7 Å². The first kappa shape index (κ1) is 11.2. The van der Waals surface area contributed by atoms with Crippen LogP contribution in [0.2, 0.25) is 0 Å². The summed E-state index contributed by atoms with van der Waals surface area (Å²) in [7, 11) is 0. The Morgan fingerprint density at radius 2 is 2.39 bits per heavy atom. The second-order valence-corrected chi connectivity index (χ2v) is 4.59. The highest BCUT2D eigenvalue weighted by Gasteiger charge is 2.14. The quantitative estimate of drug-likeness (QED) is 0.833. The molecule has 0 radical (unpaired) electrons.